The van der Waals surface area contributed by atoms with E-state index < -0.39 is 42.4 Å². The molecule has 0 rings (SSSR count). The van der Waals surface area contributed by atoms with Gasteiger partial charge >= 0.3 is 17.9 Å². The Bertz CT molecular complexity index is 1470. The molecule has 398 valence electrons. The molecule has 0 fully saturated rings. The Morgan fingerprint density at radius 1 is 0.551 bits per heavy atom. The van der Waals surface area contributed by atoms with Gasteiger partial charge in [0.15, 0.2) is 0 Å². The number of amides is 3. The van der Waals surface area contributed by atoms with Gasteiger partial charge in [0.2, 0.25) is 17.7 Å². The smallest absolute Gasteiger partial charge is 0.326 e. The van der Waals surface area contributed by atoms with E-state index in [9.17, 15) is 43.5 Å². The highest BCUT2D eigenvalue weighted by Crippen LogP contribution is 2.18. The molecule has 8 N–H and O–H groups in total. The van der Waals surface area contributed by atoms with Crippen LogP contribution >= 0.6 is 11.8 Å². The molecule has 0 spiro atoms. The third-order valence-corrected chi connectivity index (χ3v) is 11.9. The Morgan fingerprint density at radius 3 is 1.58 bits per heavy atom. The molecule has 0 aromatic carbocycles. The molecule has 0 radical (unpaired) electrons. The Kier molecular flexibility index (Phi) is 42.3. The maximum Gasteiger partial charge on any atom is 0.326 e. The van der Waals surface area contributed by atoms with Crippen LogP contribution in [0.4, 0.5) is 0 Å². The molecule has 3 atom stereocenters. The number of Topliss-reactive ketones (excluding diaryl/α,β-unsaturated/α-hetero) is 2. The molecule has 0 aromatic rings. The van der Waals surface area contributed by atoms with Crippen molar-refractivity contribution in [2.45, 2.75) is 141 Å². The Balaban J connectivity index is 3.73. The molecule has 0 aliphatic rings. The summed E-state index contributed by atoms with van der Waals surface area (Å²) in [6.45, 7) is 6.75. The van der Waals surface area contributed by atoms with Crippen molar-refractivity contribution in [2.24, 2.45) is 11.8 Å². The number of aliphatic hydroxyl groups excluding tert-OH is 1. The topological polar surface area (TPSA) is 303 Å². The van der Waals surface area contributed by atoms with Gasteiger partial charge in [-0.05, 0) is 38.5 Å². The van der Waals surface area contributed by atoms with Gasteiger partial charge in [0, 0.05) is 69.3 Å². The molecule has 0 aromatic heterocycles. The van der Waals surface area contributed by atoms with E-state index in [1.54, 1.807) is 6.92 Å². The quantitative estimate of drug-likeness (QED) is 0.0399. The molecular weight excluding hydrogens is 921 g/mol. The van der Waals surface area contributed by atoms with Gasteiger partial charge in [0.25, 0.3) is 0 Å². The van der Waals surface area contributed by atoms with E-state index in [1.807, 2.05) is 0 Å². The third kappa shape index (κ3) is 41.4. The van der Waals surface area contributed by atoms with Gasteiger partial charge in [-0.1, -0.05) is 77.7 Å². The second-order valence-electron chi connectivity index (χ2n) is 16.8. The Morgan fingerprint density at radius 2 is 1.06 bits per heavy atom. The molecule has 20 nitrogen and oxygen atoms in total. The second kappa shape index (κ2) is 45.0. The predicted octanol–water partition coefficient (Wildman–Crippen LogP) is 4.05. The van der Waals surface area contributed by atoms with Crippen molar-refractivity contribution in [3.8, 4) is 0 Å². The molecule has 0 aliphatic heterocycles. The zero-order valence-corrected chi connectivity index (χ0v) is 41.9. The lowest BCUT2D eigenvalue weighted by Gasteiger charge is -2.17. The standard InChI is InChI=1S/C48H84N4O16S/c1-3-38(42(55)31-39(32-53)47(61)62)35-69-36-45(58)50-23-22-49-43(56)33-68-30-28-66-26-24-51-44(57)34-67-29-27-65-25-16-18-40(54)20-21-41(48(63)64)52-37(2)17-14-12-10-8-6-4-5-7-9-11-13-15-19-46(59)60/h38-39,41,52-53H,2-36H2,1H3,(H,49,56)(H,50,58)(H,51,57)(H,59,60)(H,61,62)(H,63,64)/t38-,39-,41-/m0/s1. The van der Waals surface area contributed by atoms with Crippen LogP contribution in [0.25, 0.3) is 0 Å². The van der Waals surface area contributed by atoms with Crippen LogP contribution in [0.3, 0.4) is 0 Å². The number of hydrogen-bond donors (Lipinski definition) is 8. The summed E-state index contributed by atoms with van der Waals surface area (Å²) < 4.78 is 21.4. The van der Waals surface area contributed by atoms with Gasteiger partial charge in [0.1, 0.15) is 30.8 Å². The van der Waals surface area contributed by atoms with Gasteiger partial charge in [-0.2, -0.15) is 11.8 Å². The number of carbonyl (C=O) groups excluding carboxylic acids is 5. The Hall–Kier alpha value is -4.15. The summed E-state index contributed by atoms with van der Waals surface area (Å²) in [4.78, 5) is 94.2. The number of aliphatic hydroxyl groups is 1. The van der Waals surface area contributed by atoms with E-state index in [2.05, 4.69) is 27.8 Å². The average molecular weight is 1010 g/mol. The summed E-state index contributed by atoms with van der Waals surface area (Å²) in [5, 5.41) is 47.4. The minimum absolute atomic E-state index is 0.0435. The van der Waals surface area contributed by atoms with Gasteiger partial charge < -0.3 is 60.6 Å². The molecule has 69 heavy (non-hydrogen) atoms. The minimum atomic E-state index is -1.23. The van der Waals surface area contributed by atoms with Gasteiger partial charge in [-0.15, -0.1) is 0 Å². The lowest BCUT2D eigenvalue weighted by atomic mass is 9.94. The number of carboxylic acids is 3. The first-order valence-corrected chi connectivity index (χ1v) is 25.8. The predicted molar refractivity (Wildman–Crippen MR) is 261 cm³/mol. The van der Waals surface area contributed by atoms with Crippen molar-refractivity contribution in [1.82, 2.24) is 21.3 Å². The van der Waals surface area contributed by atoms with Crippen molar-refractivity contribution in [3.05, 3.63) is 12.3 Å². The van der Waals surface area contributed by atoms with E-state index in [4.69, 9.17) is 34.3 Å². The van der Waals surface area contributed by atoms with Crippen molar-refractivity contribution in [3.63, 3.8) is 0 Å². The number of rotatable bonds is 51. The number of unbranched alkanes of at least 4 members (excludes halogenated alkanes) is 11. The second-order valence-corrected chi connectivity index (χ2v) is 17.9. The molecule has 0 saturated heterocycles. The number of aliphatic carboxylic acids is 3. The largest absolute Gasteiger partial charge is 0.481 e. The number of carboxylic acid groups (broad SMARTS) is 3. The normalized spacial score (nSPS) is 12.4. The van der Waals surface area contributed by atoms with Crippen molar-refractivity contribution < 1.29 is 77.7 Å². The van der Waals surface area contributed by atoms with E-state index in [1.165, 1.54) is 50.3 Å². The minimum Gasteiger partial charge on any atom is -0.481 e. The molecular formula is C48H84N4O16S. The SMILES string of the molecule is C=C(CCCCCCCCCCCCCCC(=O)O)N[C@@H](CCC(=O)CCCOCCOCC(=O)NCCOCCOCC(=O)NCCNC(=O)CSC[C@H](CC)C(=O)C[C@@H](CO)C(=O)O)C(=O)O. The van der Waals surface area contributed by atoms with Crippen LogP contribution in [0.1, 0.15) is 135 Å². The molecule has 0 heterocycles. The summed E-state index contributed by atoms with van der Waals surface area (Å²) >= 11 is 1.25. The molecule has 0 aliphatic carbocycles. The summed E-state index contributed by atoms with van der Waals surface area (Å²) in [6.07, 6.45) is 15.4. The first-order chi connectivity index (χ1) is 33.2. The van der Waals surface area contributed by atoms with Crippen LogP contribution in [-0.4, -0.2) is 164 Å². The lowest BCUT2D eigenvalue weighted by molar-refractivity contribution is -0.145. The average Bonchev–Trinajstić information content (AvgIpc) is 3.31. The van der Waals surface area contributed by atoms with E-state index in [0.29, 0.717) is 37.3 Å². The van der Waals surface area contributed by atoms with Gasteiger partial charge in [-0.3, -0.25) is 33.6 Å². The molecule has 0 saturated carbocycles. The zero-order valence-electron chi connectivity index (χ0n) is 41.1. The molecule has 21 heteroatoms. The summed E-state index contributed by atoms with van der Waals surface area (Å²) in [5.74, 6) is -5.35. The number of thioether (sulfide) groups is 1. The molecule has 0 bridgehead atoms. The lowest BCUT2D eigenvalue weighted by Crippen LogP contribution is -2.37. The Labute approximate surface area is 412 Å². The fourth-order valence-corrected chi connectivity index (χ4v) is 7.83. The van der Waals surface area contributed by atoms with Gasteiger partial charge in [-0.25, -0.2) is 4.79 Å². The highest BCUT2D eigenvalue weighted by molar-refractivity contribution is 7.99. The zero-order chi connectivity index (χ0) is 51.3. The highest BCUT2D eigenvalue weighted by atomic mass is 32.2. The van der Waals surface area contributed by atoms with Crippen LogP contribution in [0.5, 0.6) is 0 Å². The maximum atomic E-state index is 12.4. The molecule has 0 unspecified atom stereocenters. The molecule has 3 amide bonds. The van der Waals surface area contributed by atoms with E-state index in [-0.39, 0.29) is 133 Å². The van der Waals surface area contributed by atoms with Crippen molar-refractivity contribution in [1.29, 1.82) is 0 Å². The first-order valence-electron chi connectivity index (χ1n) is 24.7. The van der Waals surface area contributed by atoms with Crippen LogP contribution in [0.2, 0.25) is 0 Å². The number of hydrogen-bond acceptors (Lipinski definition) is 15. The van der Waals surface area contributed by atoms with Crippen LogP contribution in [-0.2, 0) is 57.3 Å². The number of ether oxygens (including phenoxy) is 4. The van der Waals surface area contributed by atoms with E-state index in [0.717, 1.165) is 38.5 Å². The highest BCUT2D eigenvalue weighted by Gasteiger charge is 2.25. The monoisotopic (exact) mass is 1000 g/mol. The van der Waals surface area contributed by atoms with Crippen LogP contribution in [0, 0.1) is 11.8 Å². The summed E-state index contributed by atoms with van der Waals surface area (Å²) in [7, 11) is 0. The van der Waals surface area contributed by atoms with Crippen molar-refractivity contribution in [2.75, 3.05) is 90.6 Å². The number of carbonyl (C=O) groups is 8. The number of ketones is 2. The fraction of sp³-hybridized carbons (Fsp3) is 0.792. The maximum absolute atomic E-state index is 12.4. The van der Waals surface area contributed by atoms with Gasteiger partial charge in [0.05, 0.1) is 51.3 Å². The number of nitrogens with one attached hydrogen (secondary N) is 4. The first kappa shape index (κ1) is 64.8. The van der Waals surface area contributed by atoms with Crippen molar-refractivity contribution >= 4 is 59.0 Å². The fourth-order valence-electron chi connectivity index (χ4n) is 6.72. The number of allylic oxidation sites excluding steroid dienone is 1. The summed E-state index contributed by atoms with van der Waals surface area (Å²) in [6, 6.07) is -0.873. The van der Waals surface area contributed by atoms with E-state index >= 15 is 0 Å². The van der Waals surface area contributed by atoms with Crippen LogP contribution < -0.4 is 21.3 Å². The third-order valence-electron chi connectivity index (χ3n) is 10.8. The van der Waals surface area contributed by atoms with Crippen LogP contribution in [0.15, 0.2) is 12.3 Å². The summed E-state index contributed by atoms with van der Waals surface area (Å²) in [5.41, 5.74) is 0.669.